The highest BCUT2D eigenvalue weighted by molar-refractivity contribution is 7.82. The molecule has 1 aromatic carbocycles. The van der Waals surface area contributed by atoms with E-state index in [4.69, 9.17) is 24.4 Å². The summed E-state index contributed by atoms with van der Waals surface area (Å²) in [7, 11) is 0. The molecule has 8 heteroatoms. The first-order chi connectivity index (χ1) is 11.4. The zero-order valence-corrected chi connectivity index (χ0v) is 14.1. The minimum absolute atomic E-state index is 0.184. The van der Waals surface area contributed by atoms with Gasteiger partial charge < -0.3 is 0 Å². The third-order valence-corrected chi connectivity index (χ3v) is 4.64. The van der Waals surface area contributed by atoms with Gasteiger partial charge in [-0.25, -0.2) is 9.80 Å². The van der Waals surface area contributed by atoms with Crippen LogP contribution in [0.3, 0.4) is 0 Å². The fourth-order valence-electron chi connectivity index (χ4n) is 2.63. The molecule has 2 saturated heterocycles. The van der Waals surface area contributed by atoms with Crippen LogP contribution in [0.25, 0.3) is 0 Å². The summed E-state index contributed by atoms with van der Waals surface area (Å²) >= 11 is 9.95. The Hall–Kier alpha value is -2.32. The van der Waals surface area contributed by atoms with Crippen LogP contribution < -0.4 is 9.80 Å². The van der Waals surface area contributed by atoms with Crippen LogP contribution in [-0.4, -0.2) is 33.4 Å². The largest absolute Gasteiger partial charge is 0.274 e. The lowest BCUT2D eigenvalue weighted by Gasteiger charge is -2.27. The Morgan fingerprint density at radius 3 is 1.29 bits per heavy atom. The molecule has 6 nitrogen and oxygen atoms in total. The van der Waals surface area contributed by atoms with Gasteiger partial charge in [-0.2, -0.15) is 0 Å². The highest BCUT2D eigenvalue weighted by Crippen LogP contribution is 2.26. The first kappa shape index (κ1) is 16.5. The average Bonchev–Trinajstić information content (AvgIpc) is 2.57. The second-order valence-electron chi connectivity index (χ2n) is 5.43. The fraction of sp³-hybridized carbons (Fsp3) is 0.250. The quantitative estimate of drug-likeness (QED) is 0.591. The van der Waals surface area contributed by atoms with Gasteiger partial charge in [-0.1, -0.05) is 24.4 Å². The molecule has 2 fully saturated rings. The Labute approximate surface area is 148 Å². The second-order valence-corrected chi connectivity index (χ2v) is 6.42. The molecule has 1 aromatic rings. The van der Waals surface area contributed by atoms with Crippen LogP contribution in [0.5, 0.6) is 0 Å². The van der Waals surface area contributed by atoms with E-state index in [2.05, 4.69) is 0 Å². The van der Waals surface area contributed by atoms with Gasteiger partial charge in [0.15, 0.2) is 0 Å². The molecule has 0 aliphatic carbocycles. The highest BCUT2D eigenvalue weighted by Gasteiger charge is 2.33. The Balaban J connectivity index is 1.90. The van der Waals surface area contributed by atoms with E-state index in [0.717, 1.165) is 9.80 Å². The van der Waals surface area contributed by atoms with E-state index >= 15 is 0 Å². The molecule has 0 unspecified atom stereocenters. The van der Waals surface area contributed by atoms with E-state index in [-0.39, 0.29) is 47.2 Å². The van der Waals surface area contributed by atoms with Crippen molar-refractivity contribution in [3.8, 4) is 0 Å². The molecule has 0 N–H and O–H groups in total. The van der Waals surface area contributed by atoms with Crippen LogP contribution in [0.2, 0.25) is 0 Å². The molecule has 0 saturated carbocycles. The second kappa shape index (κ2) is 6.29. The minimum Gasteiger partial charge on any atom is -0.274 e. The van der Waals surface area contributed by atoms with Crippen LogP contribution in [0.1, 0.15) is 25.7 Å². The van der Waals surface area contributed by atoms with Crippen molar-refractivity contribution >= 4 is 69.2 Å². The predicted molar refractivity (Wildman–Crippen MR) is 95.1 cm³/mol. The summed E-state index contributed by atoms with van der Waals surface area (Å²) in [5, 5.41) is 0. The number of anilines is 2. The topological polar surface area (TPSA) is 74.8 Å². The molecule has 24 heavy (non-hydrogen) atoms. The monoisotopic (exact) mass is 360 g/mol. The number of nitrogens with zero attached hydrogens (tertiary/aromatic N) is 2. The number of carbonyl (C=O) groups excluding carboxylic acids is 4. The smallest absolute Gasteiger partial charge is 0.271 e. The number of piperidine rings is 2. The van der Waals surface area contributed by atoms with Gasteiger partial charge in [-0.05, 0) is 37.1 Å². The van der Waals surface area contributed by atoms with Crippen LogP contribution in [0.15, 0.2) is 24.3 Å². The van der Waals surface area contributed by atoms with Gasteiger partial charge in [0, 0.05) is 12.8 Å². The summed E-state index contributed by atoms with van der Waals surface area (Å²) in [6.07, 6.45) is 0.943. The summed E-state index contributed by atoms with van der Waals surface area (Å²) in [5.41, 5.74) is 0.713. The molecule has 0 atom stereocenters. The minimum atomic E-state index is -0.500. The Kier molecular flexibility index (Phi) is 4.33. The molecular formula is C16H12N2O4S2. The standard InChI is InChI=1S/C16H12N2O4S2/c19-13-7-5-11(23)15(21)17(13)9-1-2-10(4-3-9)18-14(20)8-6-12(24)16(18)22/h1-4H,5-8H2. The first-order valence-electron chi connectivity index (χ1n) is 7.30. The zero-order chi connectivity index (χ0) is 17.4. The van der Waals surface area contributed by atoms with Gasteiger partial charge in [0.1, 0.15) is 0 Å². The number of hydrogen-bond acceptors (Lipinski definition) is 6. The van der Waals surface area contributed by atoms with Crippen molar-refractivity contribution in [3.05, 3.63) is 24.3 Å². The first-order valence-corrected chi connectivity index (χ1v) is 8.12. The van der Waals surface area contributed by atoms with Gasteiger partial charge in [-0.3, -0.25) is 19.2 Å². The van der Waals surface area contributed by atoms with E-state index in [1.807, 2.05) is 0 Å². The molecule has 0 spiro atoms. The molecule has 122 valence electrons. The SMILES string of the molecule is O=C1CCC(=S)C(=O)N1c1ccc(N2C(=O)CCC(=S)C2=O)cc1. The van der Waals surface area contributed by atoms with Crippen molar-refractivity contribution in [2.45, 2.75) is 25.7 Å². The number of thiocarbonyl (C=S) groups is 2. The van der Waals surface area contributed by atoms with Crippen molar-refractivity contribution in [2.75, 3.05) is 9.80 Å². The number of carbonyl (C=O) groups is 4. The van der Waals surface area contributed by atoms with Gasteiger partial charge >= 0.3 is 0 Å². The Morgan fingerprint density at radius 2 is 0.958 bits per heavy atom. The van der Waals surface area contributed by atoms with Gasteiger partial charge in [0.2, 0.25) is 11.8 Å². The average molecular weight is 360 g/mol. The summed E-state index contributed by atoms with van der Waals surface area (Å²) in [5.74, 6) is -1.65. The Morgan fingerprint density at radius 1 is 0.625 bits per heavy atom. The van der Waals surface area contributed by atoms with Crippen molar-refractivity contribution in [1.82, 2.24) is 0 Å². The lowest BCUT2D eigenvalue weighted by atomic mass is 10.1. The summed E-state index contributed by atoms with van der Waals surface area (Å²) in [6.45, 7) is 0. The summed E-state index contributed by atoms with van der Waals surface area (Å²) in [6, 6.07) is 6.04. The van der Waals surface area contributed by atoms with E-state index < -0.39 is 11.8 Å². The third-order valence-electron chi connectivity index (χ3n) is 3.88. The van der Waals surface area contributed by atoms with Gasteiger partial charge in [-0.15, -0.1) is 0 Å². The van der Waals surface area contributed by atoms with E-state index in [9.17, 15) is 19.2 Å². The van der Waals surface area contributed by atoms with E-state index in [1.165, 1.54) is 24.3 Å². The third kappa shape index (κ3) is 2.78. The van der Waals surface area contributed by atoms with Crippen LogP contribution in [0.4, 0.5) is 11.4 Å². The summed E-state index contributed by atoms with van der Waals surface area (Å²) in [4.78, 5) is 50.7. The molecule has 3 rings (SSSR count). The Bertz CT molecular complexity index is 734. The molecular weight excluding hydrogens is 348 g/mol. The lowest BCUT2D eigenvalue weighted by molar-refractivity contribution is -0.126. The number of benzene rings is 1. The van der Waals surface area contributed by atoms with Crippen molar-refractivity contribution < 1.29 is 19.2 Å². The maximum atomic E-state index is 12.1. The van der Waals surface area contributed by atoms with Crippen molar-refractivity contribution in [1.29, 1.82) is 0 Å². The maximum Gasteiger partial charge on any atom is 0.271 e. The molecule has 2 aliphatic rings. The zero-order valence-electron chi connectivity index (χ0n) is 12.5. The molecule has 0 bridgehead atoms. The molecule has 2 aliphatic heterocycles. The predicted octanol–water partition coefficient (Wildman–Crippen LogP) is 1.73. The van der Waals surface area contributed by atoms with Crippen LogP contribution >= 0.6 is 24.4 Å². The maximum absolute atomic E-state index is 12.1. The number of imide groups is 2. The molecule has 2 heterocycles. The van der Waals surface area contributed by atoms with Gasteiger partial charge in [0.05, 0.1) is 21.1 Å². The van der Waals surface area contributed by atoms with E-state index in [1.54, 1.807) is 0 Å². The number of amides is 4. The molecule has 4 amide bonds. The van der Waals surface area contributed by atoms with Gasteiger partial charge in [0.25, 0.3) is 11.8 Å². The van der Waals surface area contributed by atoms with Crippen LogP contribution in [-0.2, 0) is 19.2 Å². The van der Waals surface area contributed by atoms with E-state index in [0.29, 0.717) is 11.4 Å². The van der Waals surface area contributed by atoms with Crippen LogP contribution in [0, 0.1) is 0 Å². The normalized spacial score (nSPS) is 19.3. The summed E-state index contributed by atoms with van der Waals surface area (Å²) < 4.78 is 0. The van der Waals surface area contributed by atoms with Crippen molar-refractivity contribution in [3.63, 3.8) is 0 Å². The molecule has 0 radical (unpaired) electrons. The fourth-order valence-corrected chi connectivity index (χ4v) is 3.01. The lowest BCUT2D eigenvalue weighted by Crippen LogP contribution is -2.45. The molecule has 0 aromatic heterocycles. The number of rotatable bonds is 2. The highest BCUT2D eigenvalue weighted by atomic mass is 32.1. The number of hydrogen-bond donors (Lipinski definition) is 0. The van der Waals surface area contributed by atoms with Crippen molar-refractivity contribution in [2.24, 2.45) is 0 Å².